The lowest BCUT2D eigenvalue weighted by Gasteiger charge is -2.65. The Hall–Kier alpha value is -2.26. The number of Topliss-reactive ketones (excluding diaryl/α,β-unsaturated/α-hetero) is 1. The summed E-state index contributed by atoms with van der Waals surface area (Å²) in [7, 11) is 0. The van der Waals surface area contributed by atoms with Crippen LogP contribution >= 0.6 is 0 Å². The van der Waals surface area contributed by atoms with Gasteiger partial charge in [-0.15, -0.1) is 0 Å². The molecule has 4 rings (SSSR count). The SMILES string of the molecule is CC(=O)/C=C1/[C@@]2(C)C=C(C#N)C(=O)C(C)(C)[C@@H]2CC[C@@]1(C)[C@]1(C)CC[C@@]2(C(=O)NO)CCC(C)(C)CC2C1. The van der Waals surface area contributed by atoms with Crippen LogP contribution in [0.1, 0.15) is 107 Å². The molecule has 3 fully saturated rings. The third-order valence-electron chi connectivity index (χ3n) is 12.0. The van der Waals surface area contributed by atoms with Crippen LogP contribution in [0.3, 0.4) is 0 Å². The molecule has 6 nitrogen and oxygen atoms in total. The summed E-state index contributed by atoms with van der Waals surface area (Å²) in [5, 5.41) is 19.6. The van der Waals surface area contributed by atoms with E-state index in [1.54, 1.807) is 13.0 Å². The lowest BCUT2D eigenvalue weighted by atomic mass is 9.38. The molecule has 0 saturated heterocycles. The standard InChI is InChI=1S/C32H46N2O4/c1-20(35)15-24-30(7)16-21(19-33)25(36)28(4,5)23(30)9-10-31(24,8)29(6)12-14-32(26(37)34-38)13-11-27(2,3)17-22(32)18-29/h15-16,22-23,38H,9-14,17-18H2,1-8H3,(H,34,37)/b24-15-/t22?,23-,29+,30-,31+,32-/m0/s1. The van der Waals surface area contributed by atoms with Gasteiger partial charge in [0.1, 0.15) is 6.07 Å². The smallest absolute Gasteiger partial charge is 0.249 e. The van der Waals surface area contributed by atoms with Gasteiger partial charge in [-0.25, -0.2) is 5.48 Å². The number of nitrogens with one attached hydrogen (secondary N) is 1. The number of fused-ring (bicyclic) bond motifs is 2. The van der Waals surface area contributed by atoms with Gasteiger partial charge in [0.2, 0.25) is 5.91 Å². The Bertz CT molecular complexity index is 1170. The van der Waals surface area contributed by atoms with Crippen LogP contribution < -0.4 is 5.48 Å². The molecule has 0 spiro atoms. The number of carbonyl (C=O) groups is 3. The van der Waals surface area contributed by atoms with Crippen molar-refractivity contribution in [1.29, 1.82) is 5.26 Å². The number of hydroxylamine groups is 1. The topological polar surface area (TPSA) is 107 Å². The van der Waals surface area contributed by atoms with E-state index in [1.807, 2.05) is 25.4 Å². The molecule has 0 aromatic heterocycles. The van der Waals surface area contributed by atoms with Gasteiger partial charge in [-0.05, 0) is 92.4 Å². The first kappa shape index (κ1) is 28.7. The summed E-state index contributed by atoms with van der Waals surface area (Å²) in [5.41, 5.74) is 0.890. The highest BCUT2D eigenvalue weighted by Gasteiger charge is 2.65. The van der Waals surface area contributed by atoms with Crippen molar-refractivity contribution in [2.75, 3.05) is 0 Å². The first-order valence-corrected chi connectivity index (χ1v) is 14.3. The predicted octanol–water partition coefficient (Wildman–Crippen LogP) is 6.49. The van der Waals surface area contributed by atoms with Gasteiger partial charge in [0.25, 0.3) is 0 Å². The fourth-order valence-corrected chi connectivity index (χ4v) is 9.53. The zero-order valence-electron chi connectivity index (χ0n) is 24.6. The van der Waals surface area contributed by atoms with Crippen molar-refractivity contribution in [1.82, 2.24) is 5.48 Å². The van der Waals surface area contributed by atoms with Crippen LogP contribution in [0.2, 0.25) is 0 Å². The van der Waals surface area contributed by atoms with Crippen molar-refractivity contribution in [3.05, 3.63) is 23.3 Å². The second-order valence-electron chi connectivity index (χ2n) is 15.0. The monoisotopic (exact) mass is 522 g/mol. The number of allylic oxidation sites excluding steroid dienone is 4. The number of nitriles is 1. The Labute approximate surface area is 228 Å². The molecule has 0 heterocycles. The summed E-state index contributed by atoms with van der Waals surface area (Å²) in [6.45, 7) is 16.7. The van der Waals surface area contributed by atoms with Gasteiger partial charge in [0.05, 0.1) is 11.0 Å². The van der Waals surface area contributed by atoms with Crippen molar-refractivity contribution in [2.45, 2.75) is 107 Å². The minimum atomic E-state index is -0.707. The lowest BCUT2D eigenvalue weighted by molar-refractivity contribution is -0.161. The van der Waals surface area contributed by atoms with E-state index in [4.69, 9.17) is 0 Å². The molecule has 0 aliphatic heterocycles. The van der Waals surface area contributed by atoms with Crippen LogP contribution in [-0.4, -0.2) is 22.7 Å². The molecule has 6 heteroatoms. The van der Waals surface area contributed by atoms with E-state index in [9.17, 15) is 24.9 Å². The zero-order valence-corrected chi connectivity index (χ0v) is 24.6. The van der Waals surface area contributed by atoms with Crippen molar-refractivity contribution < 1.29 is 19.6 Å². The van der Waals surface area contributed by atoms with Crippen molar-refractivity contribution in [2.24, 2.45) is 44.3 Å². The van der Waals surface area contributed by atoms with Crippen LogP contribution in [0.5, 0.6) is 0 Å². The number of hydrogen-bond donors (Lipinski definition) is 2. The summed E-state index contributed by atoms with van der Waals surface area (Å²) in [6, 6.07) is 2.16. The number of hydrogen-bond acceptors (Lipinski definition) is 5. The van der Waals surface area contributed by atoms with Gasteiger partial charge < -0.3 is 0 Å². The van der Waals surface area contributed by atoms with E-state index in [0.29, 0.717) is 6.42 Å². The minimum absolute atomic E-state index is 0.0154. The predicted molar refractivity (Wildman–Crippen MR) is 146 cm³/mol. The third kappa shape index (κ3) is 3.95. The summed E-state index contributed by atoms with van der Waals surface area (Å²) in [4.78, 5) is 39.1. The lowest BCUT2D eigenvalue weighted by Crippen LogP contribution is -2.60. The molecule has 2 N–H and O–H groups in total. The van der Waals surface area contributed by atoms with Crippen LogP contribution in [0.4, 0.5) is 0 Å². The van der Waals surface area contributed by atoms with Crippen LogP contribution in [0, 0.1) is 55.7 Å². The molecule has 6 atom stereocenters. The van der Waals surface area contributed by atoms with E-state index >= 15 is 0 Å². The van der Waals surface area contributed by atoms with E-state index in [2.05, 4.69) is 40.7 Å². The van der Waals surface area contributed by atoms with Gasteiger partial charge in [0, 0.05) is 10.8 Å². The molecule has 208 valence electrons. The van der Waals surface area contributed by atoms with Crippen LogP contribution in [0.15, 0.2) is 23.3 Å². The maximum Gasteiger partial charge on any atom is 0.249 e. The van der Waals surface area contributed by atoms with Gasteiger partial charge in [-0.1, -0.05) is 60.1 Å². The Morgan fingerprint density at radius 1 is 1.03 bits per heavy atom. The van der Waals surface area contributed by atoms with Gasteiger partial charge >= 0.3 is 0 Å². The molecule has 38 heavy (non-hydrogen) atoms. The molecular weight excluding hydrogens is 476 g/mol. The highest BCUT2D eigenvalue weighted by molar-refractivity contribution is 6.04. The summed E-state index contributed by atoms with van der Waals surface area (Å²) in [6.07, 6.45) is 10.3. The summed E-state index contributed by atoms with van der Waals surface area (Å²) in [5.74, 6) is -0.288. The van der Waals surface area contributed by atoms with E-state index in [1.165, 1.54) is 0 Å². The van der Waals surface area contributed by atoms with Gasteiger partial charge in [-0.3, -0.25) is 19.6 Å². The quantitative estimate of drug-likeness (QED) is 0.250. The number of ketones is 2. The van der Waals surface area contributed by atoms with E-state index < -0.39 is 16.2 Å². The van der Waals surface area contributed by atoms with Gasteiger partial charge in [0.15, 0.2) is 11.6 Å². The van der Waals surface area contributed by atoms with Gasteiger partial charge in [-0.2, -0.15) is 5.26 Å². The van der Waals surface area contributed by atoms with Crippen molar-refractivity contribution in [3.8, 4) is 6.07 Å². The number of rotatable bonds is 3. The molecule has 0 bridgehead atoms. The number of amides is 1. The van der Waals surface area contributed by atoms with Crippen LogP contribution in [0.25, 0.3) is 0 Å². The van der Waals surface area contributed by atoms with Crippen molar-refractivity contribution >= 4 is 17.5 Å². The Kier molecular flexibility index (Phi) is 6.72. The zero-order chi connectivity index (χ0) is 28.5. The maximum atomic E-state index is 13.2. The molecule has 4 aliphatic rings. The molecule has 0 radical (unpaired) electrons. The average Bonchev–Trinajstić information content (AvgIpc) is 2.82. The molecule has 0 aromatic carbocycles. The van der Waals surface area contributed by atoms with E-state index in [-0.39, 0.29) is 51.1 Å². The summed E-state index contributed by atoms with van der Waals surface area (Å²) >= 11 is 0. The molecule has 4 aliphatic carbocycles. The second-order valence-corrected chi connectivity index (χ2v) is 15.0. The molecule has 1 unspecified atom stereocenters. The Morgan fingerprint density at radius 2 is 1.66 bits per heavy atom. The first-order valence-electron chi connectivity index (χ1n) is 14.3. The van der Waals surface area contributed by atoms with Crippen molar-refractivity contribution in [3.63, 3.8) is 0 Å². The maximum absolute atomic E-state index is 13.2. The largest absolute Gasteiger partial charge is 0.295 e. The number of nitrogens with zero attached hydrogens (tertiary/aromatic N) is 1. The second kappa shape index (κ2) is 8.88. The molecule has 0 aromatic rings. The van der Waals surface area contributed by atoms with E-state index in [0.717, 1.165) is 50.5 Å². The normalized spacial score (nSPS) is 42.8. The number of carbonyl (C=O) groups excluding carboxylic acids is 3. The van der Waals surface area contributed by atoms with Crippen LogP contribution in [-0.2, 0) is 14.4 Å². The average molecular weight is 523 g/mol. The Morgan fingerprint density at radius 3 is 2.24 bits per heavy atom. The fourth-order valence-electron chi connectivity index (χ4n) is 9.53. The third-order valence-corrected chi connectivity index (χ3v) is 12.0. The highest BCUT2D eigenvalue weighted by Crippen LogP contribution is 2.71. The summed E-state index contributed by atoms with van der Waals surface area (Å²) < 4.78 is 0. The fraction of sp³-hybridized carbons (Fsp3) is 0.750. The molecular formula is C32H46N2O4. The minimum Gasteiger partial charge on any atom is -0.295 e. The molecule has 1 amide bonds. The molecule has 3 saturated carbocycles. The first-order chi connectivity index (χ1) is 17.4. The highest BCUT2D eigenvalue weighted by atomic mass is 16.5. The Balaban J connectivity index is 1.85.